The van der Waals surface area contributed by atoms with Crippen molar-refractivity contribution in [1.82, 2.24) is 0 Å². The quantitative estimate of drug-likeness (QED) is 0.741. The molecule has 0 saturated carbocycles. The lowest BCUT2D eigenvalue weighted by molar-refractivity contribution is 0.360. The Bertz CT molecular complexity index is 347. The summed E-state index contributed by atoms with van der Waals surface area (Å²) in [6.45, 7) is 0. The number of methoxy groups -OCH3 is 1. The van der Waals surface area contributed by atoms with Crippen LogP contribution in [0.1, 0.15) is 0 Å². The summed E-state index contributed by atoms with van der Waals surface area (Å²) >= 11 is 4.52. The molecular weight excluding hydrogens is 210 g/mol. The first-order valence-electron chi connectivity index (χ1n) is 3.64. The van der Waals surface area contributed by atoms with E-state index in [1.165, 1.54) is 7.11 Å². The lowest BCUT2D eigenvalue weighted by Crippen LogP contribution is -2.19. The molecule has 6 heteroatoms. The summed E-state index contributed by atoms with van der Waals surface area (Å²) in [5, 5.41) is 2.35. The Morgan fingerprint density at radius 3 is 2.29 bits per heavy atom. The zero-order chi connectivity index (χ0) is 10.7. The molecule has 0 radical (unpaired) electrons. The molecule has 0 aromatic heterocycles. The number of anilines is 1. The van der Waals surface area contributed by atoms with Crippen molar-refractivity contribution in [3.05, 3.63) is 23.8 Å². The molecule has 1 aromatic rings. The third-order valence-electron chi connectivity index (χ3n) is 1.47. The van der Waals surface area contributed by atoms with Crippen LogP contribution in [0.3, 0.4) is 0 Å². The van der Waals surface area contributed by atoms with Crippen molar-refractivity contribution in [3.63, 3.8) is 0 Å². The fourth-order valence-electron chi connectivity index (χ4n) is 0.969. The number of rotatable bonds is 2. The first-order chi connectivity index (χ1) is 6.54. The molecule has 76 valence electrons. The molecule has 1 rings (SSSR count). The lowest BCUT2D eigenvalue weighted by Gasteiger charge is -2.07. The zero-order valence-corrected chi connectivity index (χ0v) is 8.12. The third kappa shape index (κ3) is 2.29. The Kier molecular flexibility index (Phi) is 3.19. The molecule has 0 aliphatic heterocycles. The molecule has 0 saturated heterocycles. The van der Waals surface area contributed by atoms with E-state index in [2.05, 4.69) is 22.3 Å². The van der Waals surface area contributed by atoms with E-state index in [1.807, 2.05) is 0 Å². The van der Waals surface area contributed by atoms with Gasteiger partial charge in [0.1, 0.15) is 0 Å². The highest BCUT2D eigenvalue weighted by Gasteiger charge is 2.11. The minimum absolute atomic E-state index is 0.0611. The van der Waals surface area contributed by atoms with E-state index in [-0.39, 0.29) is 10.8 Å². The van der Waals surface area contributed by atoms with Gasteiger partial charge in [0.25, 0.3) is 0 Å². The van der Waals surface area contributed by atoms with Crippen LogP contribution >= 0.6 is 12.2 Å². The van der Waals surface area contributed by atoms with Crippen LogP contribution in [0.2, 0.25) is 0 Å². The molecule has 0 amide bonds. The smallest absolute Gasteiger partial charge is 0.190 e. The highest BCUT2D eigenvalue weighted by Crippen LogP contribution is 2.24. The van der Waals surface area contributed by atoms with Crippen molar-refractivity contribution in [2.24, 2.45) is 5.73 Å². The molecule has 0 aliphatic rings. The van der Waals surface area contributed by atoms with E-state index in [1.54, 1.807) is 0 Å². The predicted octanol–water partition coefficient (Wildman–Crippen LogP) is 1.63. The van der Waals surface area contributed by atoms with Gasteiger partial charge in [-0.25, -0.2) is 8.78 Å². The number of ether oxygens (including phenoxy) is 1. The van der Waals surface area contributed by atoms with Gasteiger partial charge in [0.15, 0.2) is 22.5 Å². The van der Waals surface area contributed by atoms with Gasteiger partial charge in [0.2, 0.25) is 0 Å². The molecule has 0 heterocycles. The van der Waals surface area contributed by atoms with Gasteiger partial charge in [-0.05, 0) is 12.2 Å². The molecule has 0 atom stereocenters. The Balaban J connectivity index is 3.07. The minimum atomic E-state index is -0.814. The number of benzene rings is 1. The van der Waals surface area contributed by atoms with E-state index in [4.69, 9.17) is 5.73 Å². The van der Waals surface area contributed by atoms with Gasteiger partial charge in [-0.15, -0.1) is 0 Å². The monoisotopic (exact) mass is 218 g/mol. The van der Waals surface area contributed by atoms with Gasteiger partial charge in [-0.3, -0.25) is 0 Å². The second kappa shape index (κ2) is 4.19. The average Bonchev–Trinajstić information content (AvgIpc) is 2.01. The summed E-state index contributed by atoms with van der Waals surface area (Å²) in [5.74, 6) is -2.06. The van der Waals surface area contributed by atoms with Gasteiger partial charge in [-0.1, -0.05) is 0 Å². The van der Waals surface area contributed by atoms with E-state index >= 15 is 0 Å². The molecule has 0 unspecified atom stereocenters. The van der Waals surface area contributed by atoms with Crippen molar-refractivity contribution < 1.29 is 13.5 Å². The number of thiocarbonyl (C=S) groups is 1. The number of nitrogens with one attached hydrogen (secondary N) is 1. The standard InChI is InChI=1S/C8H8F2N2OS/c1-13-7-5(9)2-4(3-6(7)10)12-8(11)14/h2-3H,1H3,(H3,11,12,14). The summed E-state index contributed by atoms with van der Waals surface area (Å²) in [5.41, 5.74) is 5.29. The molecule has 0 aliphatic carbocycles. The summed E-state index contributed by atoms with van der Waals surface area (Å²) in [6.07, 6.45) is 0. The van der Waals surface area contributed by atoms with Crippen molar-refractivity contribution in [2.45, 2.75) is 0 Å². The highest BCUT2D eigenvalue weighted by molar-refractivity contribution is 7.80. The van der Waals surface area contributed by atoms with Gasteiger partial charge in [0, 0.05) is 17.8 Å². The summed E-state index contributed by atoms with van der Waals surface area (Å²) in [4.78, 5) is 0. The number of nitrogens with two attached hydrogens (primary N) is 1. The molecule has 14 heavy (non-hydrogen) atoms. The van der Waals surface area contributed by atoms with E-state index in [0.717, 1.165) is 12.1 Å². The molecule has 3 nitrogen and oxygen atoms in total. The summed E-state index contributed by atoms with van der Waals surface area (Å²) in [6, 6.07) is 2.09. The van der Waals surface area contributed by atoms with Crippen LogP contribution in [0.25, 0.3) is 0 Å². The zero-order valence-electron chi connectivity index (χ0n) is 7.30. The largest absolute Gasteiger partial charge is 0.491 e. The first-order valence-corrected chi connectivity index (χ1v) is 4.05. The molecule has 3 N–H and O–H groups in total. The van der Waals surface area contributed by atoms with Crippen molar-refractivity contribution in [3.8, 4) is 5.75 Å². The lowest BCUT2D eigenvalue weighted by atomic mass is 10.2. The van der Waals surface area contributed by atoms with Crippen LogP contribution in [-0.4, -0.2) is 12.2 Å². The topological polar surface area (TPSA) is 47.3 Å². The van der Waals surface area contributed by atoms with Gasteiger partial charge in [0.05, 0.1) is 7.11 Å². The molecule has 0 bridgehead atoms. The predicted molar refractivity (Wildman–Crippen MR) is 53.3 cm³/mol. The second-order valence-corrected chi connectivity index (χ2v) is 2.90. The van der Waals surface area contributed by atoms with Crippen molar-refractivity contribution in [2.75, 3.05) is 12.4 Å². The number of halogens is 2. The Morgan fingerprint density at radius 1 is 1.43 bits per heavy atom. The average molecular weight is 218 g/mol. The fourth-order valence-corrected chi connectivity index (χ4v) is 1.09. The van der Waals surface area contributed by atoms with E-state index in [9.17, 15) is 8.78 Å². The van der Waals surface area contributed by atoms with Crippen LogP contribution in [0.15, 0.2) is 12.1 Å². The van der Waals surface area contributed by atoms with Gasteiger partial charge < -0.3 is 15.8 Å². The Labute approximate surface area is 84.9 Å². The Hall–Kier alpha value is -1.43. The first kappa shape index (κ1) is 10.6. The highest BCUT2D eigenvalue weighted by atomic mass is 32.1. The maximum absolute atomic E-state index is 13.1. The summed E-state index contributed by atoms with van der Waals surface area (Å²) in [7, 11) is 1.18. The fraction of sp³-hybridized carbons (Fsp3) is 0.125. The van der Waals surface area contributed by atoms with Crippen LogP contribution < -0.4 is 15.8 Å². The molecule has 0 fully saturated rings. The maximum Gasteiger partial charge on any atom is 0.190 e. The number of hydrogen-bond donors (Lipinski definition) is 2. The summed E-state index contributed by atoms with van der Waals surface area (Å²) < 4.78 is 30.6. The molecule has 1 aromatic carbocycles. The third-order valence-corrected chi connectivity index (χ3v) is 1.57. The van der Waals surface area contributed by atoms with Crippen LogP contribution in [0, 0.1) is 11.6 Å². The van der Waals surface area contributed by atoms with Crippen molar-refractivity contribution >= 4 is 23.0 Å². The van der Waals surface area contributed by atoms with Crippen LogP contribution in [0.5, 0.6) is 5.75 Å². The van der Waals surface area contributed by atoms with Crippen LogP contribution in [0.4, 0.5) is 14.5 Å². The SMILES string of the molecule is COc1c(F)cc(NC(N)=S)cc1F. The van der Waals surface area contributed by atoms with E-state index < -0.39 is 17.4 Å². The van der Waals surface area contributed by atoms with E-state index in [0.29, 0.717) is 0 Å². The molecule has 0 spiro atoms. The van der Waals surface area contributed by atoms with Gasteiger partial charge in [-0.2, -0.15) is 0 Å². The van der Waals surface area contributed by atoms with Crippen molar-refractivity contribution in [1.29, 1.82) is 0 Å². The maximum atomic E-state index is 13.1. The van der Waals surface area contributed by atoms with Crippen LogP contribution in [-0.2, 0) is 0 Å². The van der Waals surface area contributed by atoms with Gasteiger partial charge >= 0.3 is 0 Å². The normalized spacial score (nSPS) is 9.64. The number of hydrogen-bond acceptors (Lipinski definition) is 2. The Morgan fingerprint density at radius 2 is 1.93 bits per heavy atom. The molecular formula is C8H8F2N2OS. The second-order valence-electron chi connectivity index (χ2n) is 2.46. The minimum Gasteiger partial charge on any atom is -0.491 e.